The number of hydrogen-bond acceptors (Lipinski definition) is 6. The van der Waals surface area contributed by atoms with Crippen LogP contribution in [-0.2, 0) is 24.1 Å². The molecule has 0 spiro atoms. The molecule has 1 heterocycles. The van der Waals surface area contributed by atoms with Crippen molar-refractivity contribution in [1.29, 1.82) is 0 Å². The Morgan fingerprint density at radius 3 is 2.08 bits per heavy atom. The monoisotopic (exact) mass is 520 g/mol. The van der Waals surface area contributed by atoms with E-state index < -0.39 is 0 Å². The van der Waals surface area contributed by atoms with Crippen molar-refractivity contribution < 1.29 is 23.7 Å². The van der Waals surface area contributed by atoms with Gasteiger partial charge in [-0.25, -0.2) is 0 Å². The third-order valence-corrected chi connectivity index (χ3v) is 6.72. The third kappa shape index (κ3) is 7.93. The Kier molecular flexibility index (Phi) is 12.2. The molecular weight excluding hydrogens is 480 g/mol. The van der Waals surface area contributed by atoms with Gasteiger partial charge in [0.05, 0.1) is 34.9 Å². The van der Waals surface area contributed by atoms with Crippen LogP contribution < -0.4 is 18.9 Å². The number of fused-ring (bicyclic) bond motifs is 1. The van der Waals surface area contributed by atoms with Crippen LogP contribution in [0.25, 0.3) is 0 Å². The van der Waals surface area contributed by atoms with E-state index in [-0.39, 0.29) is 18.3 Å². The van der Waals surface area contributed by atoms with Crippen LogP contribution in [0.1, 0.15) is 36.0 Å². The lowest BCUT2D eigenvalue weighted by Crippen LogP contribution is -2.35. The van der Waals surface area contributed by atoms with Gasteiger partial charge in [-0.3, -0.25) is 4.79 Å². The Bertz CT molecular complexity index is 985. The molecule has 1 aliphatic heterocycles. The number of unbranched alkanes of at least 4 members (excludes halogenated alkanes) is 1. The van der Waals surface area contributed by atoms with Crippen molar-refractivity contribution in [3.8, 4) is 23.0 Å². The molecule has 0 aliphatic carbocycles. The Labute approximate surface area is 222 Å². The van der Waals surface area contributed by atoms with E-state index in [1.807, 2.05) is 23.1 Å². The lowest BCUT2D eigenvalue weighted by molar-refractivity contribution is -0.130. The molecule has 2 aromatic rings. The topological polar surface area (TPSA) is 60.5 Å². The second kappa shape index (κ2) is 14.8. The van der Waals surface area contributed by atoms with Gasteiger partial charge in [0.25, 0.3) is 0 Å². The number of ether oxygens (including phenoxy) is 4. The van der Waals surface area contributed by atoms with Crippen LogP contribution in [0.5, 0.6) is 23.0 Å². The Hall–Kier alpha value is -2.64. The molecule has 1 amide bonds. The fourth-order valence-electron chi connectivity index (χ4n) is 4.64. The molecule has 8 heteroatoms. The number of methoxy groups -OCH3 is 4. The van der Waals surface area contributed by atoms with Crippen molar-refractivity contribution in [3.63, 3.8) is 0 Å². The van der Waals surface area contributed by atoms with E-state index in [1.54, 1.807) is 28.4 Å². The highest BCUT2D eigenvalue weighted by Gasteiger charge is 2.22. The SMILES string of the molecule is COc1ccc(CCCCN(C)CCCN2CCc3cc(OC)c(OC)cc3CC2=O)cc1OC.Cl. The van der Waals surface area contributed by atoms with Gasteiger partial charge < -0.3 is 28.7 Å². The summed E-state index contributed by atoms with van der Waals surface area (Å²) in [6.07, 6.45) is 5.50. The minimum absolute atomic E-state index is 0. The molecule has 0 unspecified atom stereocenters. The number of nitrogens with zero attached hydrogens (tertiary/aromatic N) is 2. The number of amides is 1. The van der Waals surface area contributed by atoms with Gasteiger partial charge in [0, 0.05) is 13.1 Å². The van der Waals surface area contributed by atoms with E-state index >= 15 is 0 Å². The smallest absolute Gasteiger partial charge is 0.227 e. The highest BCUT2D eigenvalue weighted by Crippen LogP contribution is 2.32. The number of benzene rings is 2. The number of carbonyl (C=O) groups is 1. The molecular formula is C28H41ClN2O5. The second-order valence-electron chi connectivity index (χ2n) is 9.09. The average molecular weight is 521 g/mol. The first-order valence-electron chi connectivity index (χ1n) is 12.4. The molecule has 0 N–H and O–H groups in total. The van der Waals surface area contributed by atoms with Gasteiger partial charge in [0.1, 0.15) is 0 Å². The molecule has 1 aliphatic rings. The summed E-state index contributed by atoms with van der Waals surface area (Å²) in [5.74, 6) is 3.14. The summed E-state index contributed by atoms with van der Waals surface area (Å²) in [6, 6.07) is 10.1. The summed E-state index contributed by atoms with van der Waals surface area (Å²) in [5, 5.41) is 0. The molecule has 0 atom stereocenters. The van der Waals surface area contributed by atoms with Gasteiger partial charge in [-0.2, -0.15) is 0 Å². The fourth-order valence-corrected chi connectivity index (χ4v) is 4.64. The molecule has 3 rings (SSSR count). The summed E-state index contributed by atoms with van der Waals surface area (Å²) in [4.78, 5) is 17.2. The number of aryl methyl sites for hydroxylation is 1. The number of hydrogen-bond donors (Lipinski definition) is 0. The lowest BCUT2D eigenvalue weighted by Gasteiger charge is -2.22. The van der Waals surface area contributed by atoms with E-state index in [0.29, 0.717) is 12.2 Å². The van der Waals surface area contributed by atoms with Crippen LogP contribution in [0.3, 0.4) is 0 Å². The maximum absolute atomic E-state index is 12.9. The predicted octanol–water partition coefficient (Wildman–Crippen LogP) is 4.41. The van der Waals surface area contributed by atoms with Crippen molar-refractivity contribution >= 4 is 18.3 Å². The normalized spacial score (nSPS) is 13.1. The quantitative estimate of drug-likeness (QED) is 0.364. The zero-order valence-corrected chi connectivity index (χ0v) is 23.1. The summed E-state index contributed by atoms with van der Waals surface area (Å²) in [6.45, 7) is 3.56. The summed E-state index contributed by atoms with van der Waals surface area (Å²) in [5.41, 5.74) is 3.48. The average Bonchev–Trinajstić information content (AvgIpc) is 3.03. The molecule has 0 saturated carbocycles. The zero-order valence-electron chi connectivity index (χ0n) is 22.3. The van der Waals surface area contributed by atoms with Crippen molar-refractivity contribution in [2.75, 3.05) is 61.7 Å². The predicted molar refractivity (Wildman–Crippen MR) is 145 cm³/mol. The van der Waals surface area contributed by atoms with Gasteiger partial charge in [-0.1, -0.05) is 6.07 Å². The Morgan fingerprint density at radius 1 is 0.806 bits per heavy atom. The van der Waals surface area contributed by atoms with E-state index in [4.69, 9.17) is 18.9 Å². The maximum Gasteiger partial charge on any atom is 0.227 e. The molecule has 0 radical (unpaired) electrons. The molecule has 2 aromatic carbocycles. The van der Waals surface area contributed by atoms with E-state index in [0.717, 1.165) is 81.1 Å². The molecule has 0 bridgehead atoms. The summed E-state index contributed by atoms with van der Waals surface area (Å²) < 4.78 is 21.6. The first kappa shape index (κ1) is 29.6. The van der Waals surface area contributed by atoms with Crippen LogP contribution >= 0.6 is 12.4 Å². The van der Waals surface area contributed by atoms with Crippen molar-refractivity contribution in [2.45, 2.75) is 38.5 Å². The summed E-state index contributed by atoms with van der Waals surface area (Å²) in [7, 11) is 8.76. The van der Waals surface area contributed by atoms with Crippen LogP contribution in [0.2, 0.25) is 0 Å². The van der Waals surface area contributed by atoms with Crippen LogP contribution in [0.4, 0.5) is 0 Å². The fraction of sp³-hybridized carbons (Fsp3) is 0.536. The van der Waals surface area contributed by atoms with Crippen LogP contribution in [0.15, 0.2) is 30.3 Å². The molecule has 0 fully saturated rings. The Morgan fingerprint density at radius 2 is 1.42 bits per heavy atom. The first-order chi connectivity index (χ1) is 17.0. The van der Waals surface area contributed by atoms with Gasteiger partial charge in [-0.05, 0) is 93.2 Å². The highest BCUT2D eigenvalue weighted by atomic mass is 35.5. The van der Waals surface area contributed by atoms with Gasteiger partial charge in [-0.15, -0.1) is 12.4 Å². The number of carbonyl (C=O) groups excluding carboxylic acids is 1. The minimum Gasteiger partial charge on any atom is -0.493 e. The standard InChI is InChI=1S/C28H40N2O5.ClH/c1-29(13-7-6-9-21-10-11-24(32-2)25(17-21)33-3)14-8-15-30-16-12-22-18-26(34-4)27(35-5)19-23(22)20-28(30)31;/h10-11,17-19H,6-9,12-16,20H2,1-5H3;1H. The molecule has 200 valence electrons. The second-order valence-corrected chi connectivity index (χ2v) is 9.09. The highest BCUT2D eigenvalue weighted by molar-refractivity contribution is 5.85. The number of halogens is 1. The van der Waals surface area contributed by atoms with E-state index in [1.165, 1.54) is 11.1 Å². The molecule has 7 nitrogen and oxygen atoms in total. The molecule has 0 aromatic heterocycles. The van der Waals surface area contributed by atoms with Crippen LogP contribution in [0, 0.1) is 0 Å². The van der Waals surface area contributed by atoms with Gasteiger partial charge >= 0.3 is 0 Å². The summed E-state index contributed by atoms with van der Waals surface area (Å²) >= 11 is 0. The Balaban J connectivity index is 0.00000456. The van der Waals surface area contributed by atoms with Crippen LogP contribution in [-0.4, -0.2) is 77.4 Å². The lowest BCUT2D eigenvalue weighted by atomic mass is 10.0. The zero-order chi connectivity index (χ0) is 25.2. The van der Waals surface area contributed by atoms with Crippen molar-refractivity contribution in [2.24, 2.45) is 0 Å². The van der Waals surface area contributed by atoms with Crippen molar-refractivity contribution in [3.05, 3.63) is 47.0 Å². The van der Waals surface area contributed by atoms with E-state index in [2.05, 4.69) is 24.1 Å². The van der Waals surface area contributed by atoms with E-state index in [9.17, 15) is 4.79 Å². The van der Waals surface area contributed by atoms with Gasteiger partial charge in [0.15, 0.2) is 23.0 Å². The first-order valence-corrected chi connectivity index (χ1v) is 12.4. The number of rotatable bonds is 13. The van der Waals surface area contributed by atoms with Gasteiger partial charge in [0.2, 0.25) is 5.91 Å². The maximum atomic E-state index is 12.9. The third-order valence-electron chi connectivity index (χ3n) is 6.72. The largest absolute Gasteiger partial charge is 0.493 e. The molecule has 0 saturated heterocycles. The minimum atomic E-state index is 0. The molecule has 36 heavy (non-hydrogen) atoms. The van der Waals surface area contributed by atoms with Crippen molar-refractivity contribution in [1.82, 2.24) is 9.80 Å².